The molecule has 0 aliphatic carbocycles. The summed E-state index contributed by atoms with van der Waals surface area (Å²) < 4.78 is 11.6. The Balaban J connectivity index is 1.80. The Hall–Kier alpha value is -0.610. The van der Waals surface area contributed by atoms with E-state index in [2.05, 4.69) is 10.4 Å². The van der Waals surface area contributed by atoms with Gasteiger partial charge in [0.25, 0.3) is 0 Å². The van der Waals surface area contributed by atoms with Gasteiger partial charge in [0.05, 0.1) is 6.20 Å². The summed E-state index contributed by atoms with van der Waals surface area (Å²) in [6.07, 6.45) is 4.29. The van der Waals surface area contributed by atoms with Gasteiger partial charge in [0.15, 0.2) is 0 Å². The molecule has 3 aliphatic rings. The fraction of sp³-hybridized carbons (Fsp3) is 0.778. The number of hydrogen-bond acceptors (Lipinski definition) is 3. The van der Waals surface area contributed by atoms with Crippen molar-refractivity contribution in [2.75, 3.05) is 19.6 Å². The van der Waals surface area contributed by atoms with Crippen molar-refractivity contribution in [1.82, 2.24) is 10.4 Å². The third-order valence-corrected chi connectivity index (χ3v) is 2.95. The number of hydroxylamine groups is 1. The fourth-order valence-corrected chi connectivity index (χ4v) is 2.20. The Labute approximate surface area is 77.5 Å². The van der Waals surface area contributed by atoms with Crippen LogP contribution in [0.2, 0.25) is 0 Å². The molecule has 0 radical (unpaired) electrons. The van der Waals surface area contributed by atoms with Crippen molar-refractivity contribution in [3.05, 3.63) is 12.5 Å². The van der Waals surface area contributed by atoms with Crippen molar-refractivity contribution in [2.24, 2.45) is 5.92 Å². The van der Waals surface area contributed by atoms with Gasteiger partial charge in [-0.3, -0.25) is 10.3 Å². The number of rotatable bonds is 3. The molecule has 0 aromatic carbocycles. The molecule has 13 heavy (non-hydrogen) atoms. The number of nitrogens with zero attached hydrogens (tertiary/aromatic N) is 1. The molecule has 1 N–H and O–H groups in total. The van der Waals surface area contributed by atoms with Crippen LogP contribution >= 0.6 is 0 Å². The standard InChI is InChI=1S/C9H15FN2O/c10-3-4-11-13-9-7-12-5-1-8(9)2-6-12/h3-4,8-9,11H,1-2,5-7H2/t9-/m1/s1. The zero-order chi connectivity index (χ0) is 9.10. The van der Waals surface area contributed by atoms with Gasteiger partial charge in [-0.1, -0.05) is 0 Å². The lowest BCUT2D eigenvalue weighted by Crippen LogP contribution is -2.52. The summed E-state index contributed by atoms with van der Waals surface area (Å²) in [5.41, 5.74) is 2.51. The van der Waals surface area contributed by atoms with Crippen LogP contribution < -0.4 is 5.48 Å². The van der Waals surface area contributed by atoms with E-state index >= 15 is 0 Å². The highest BCUT2D eigenvalue weighted by Gasteiger charge is 2.34. The van der Waals surface area contributed by atoms with E-state index in [1.54, 1.807) is 0 Å². The second-order valence-electron chi connectivity index (χ2n) is 3.70. The van der Waals surface area contributed by atoms with E-state index in [9.17, 15) is 4.39 Å². The third-order valence-electron chi connectivity index (χ3n) is 2.95. The first-order valence-electron chi connectivity index (χ1n) is 4.79. The van der Waals surface area contributed by atoms with E-state index in [1.165, 1.54) is 32.1 Å². The molecule has 1 atom stereocenters. The first-order chi connectivity index (χ1) is 6.40. The van der Waals surface area contributed by atoms with E-state index in [-0.39, 0.29) is 6.10 Å². The SMILES string of the molecule is FC=CNO[C@@H]1CN2CCC1CC2. The van der Waals surface area contributed by atoms with Crippen LogP contribution in [0.4, 0.5) is 4.39 Å². The molecule has 3 rings (SSSR count). The van der Waals surface area contributed by atoms with Crippen molar-refractivity contribution in [2.45, 2.75) is 18.9 Å². The van der Waals surface area contributed by atoms with Gasteiger partial charge < -0.3 is 4.90 Å². The quantitative estimate of drug-likeness (QED) is 0.666. The molecule has 0 saturated carbocycles. The van der Waals surface area contributed by atoms with Gasteiger partial charge in [0.2, 0.25) is 0 Å². The molecule has 0 aromatic heterocycles. The van der Waals surface area contributed by atoms with Crippen LogP contribution in [0, 0.1) is 5.92 Å². The number of piperidine rings is 3. The van der Waals surface area contributed by atoms with Gasteiger partial charge >= 0.3 is 0 Å². The lowest BCUT2D eigenvalue weighted by atomic mass is 9.86. The normalized spacial score (nSPS) is 38.4. The summed E-state index contributed by atoms with van der Waals surface area (Å²) in [5.74, 6) is 0.658. The maximum absolute atomic E-state index is 11.6. The molecule has 74 valence electrons. The van der Waals surface area contributed by atoms with Crippen LogP contribution in [-0.4, -0.2) is 30.6 Å². The predicted molar refractivity (Wildman–Crippen MR) is 47.4 cm³/mol. The molecule has 2 bridgehead atoms. The monoisotopic (exact) mass is 186 g/mol. The van der Waals surface area contributed by atoms with Gasteiger partial charge in [-0.25, -0.2) is 4.39 Å². The largest absolute Gasteiger partial charge is 0.301 e. The molecule has 0 amide bonds. The third kappa shape index (κ3) is 2.00. The Morgan fingerprint density at radius 3 is 2.69 bits per heavy atom. The van der Waals surface area contributed by atoms with Crippen molar-refractivity contribution in [1.29, 1.82) is 0 Å². The Bertz CT molecular complexity index is 190. The minimum absolute atomic E-state index is 0.235. The highest BCUT2D eigenvalue weighted by molar-refractivity contribution is 4.87. The molecule has 3 fully saturated rings. The van der Waals surface area contributed by atoms with E-state index < -0.39 is 0 Å². The van der Waals surface area contributed by atoms with E-state index in [0.29, 0.717) is 12.2 Å². The Kier molecular flexibility index (Phi) is 2.80. The van der Waals surface area contributed by atoms with E-state index in [0.717, 1.165) is 6.54 Å². The van der Waals surface area contributed by atoms with Crippen LogP contribution in [0.5, 0.6) is 0 Å². The smallest absolute Gasteiger partial charge is 0.105 e. The van der Waals surface area contributed by atoms with E-state index in [4.69, 9.17) is 4.84 Å². The fourth-order valence-electron chi connectivity index (χ4n) is 2.20. The van der Waals surface area contributed by atoms with Gasteiger partial charge in [-0.15, -0.1) is 0 Å². The van der Waals surface area contributed by atoms with Crippen LogP contribution in [0.3, 0.4) is 0 Å². The first kappa shape index (κ1) is 8.97. The molecule has 3 nitrogen and oxygen atoms in total. The van der Waals surface area contributed by atoms with Crippen LogP contribution in [0.15, 0.2) is 12.5 Å². The molecule has 0 unspecified atom stereocenters. The molecular formula is C9H15FN2O. The number of halogens is 1. The Morgan fingerprint density at radius 1 is 1.38 bits per heavy atom. The van der Waals surface area contributed by atoms with Crippen LogP contribution in [-0.2, 0) is 4.84 Å². The highest BCUT2D eigenvalue weighted by atomic mass is 19.1. The van der Waals surface area contributed by atoms with Gasteiger partial charge in [-0.05, 0) is 31.8 Å². The first-order valence-corrected chi connectivity index (χ1v) is 4.79. The number of hydrogen-bond donors (Lipinski definition) is 1. The second-order valence-corrected chi connectivity index (χ2v) is 3.70. The maximum Gasteiger partial charge on any atom is 0.105 e. The molecule has 4 heteroatoms. The minimum Gasteiger partial charge on any atom is -0.301 e. The summed E-state index contributed by atoms with van der Waals surface area (Å²) >= 11 is 0. The molecule has 3 aliphatic heterocycles. The summed E-state index contributed by atoms with van der Waals surface area (Å²) in [6.45, 7) is 3.38. The van der Waals surface area contributed by atoms with Gasteiger partial charge in [0, 0.05) is 6.54 Å². The van der Waals surface area contributed by atoms with Crippen molar-refractivity contribution >= 4 is 0 Å². The predicted octanol–water partition coefficient (Wildman–Crippen LogP) is 1.04. The lowest BCUT2D eigenvalue weighted by Gasteiger charge is -2.43. The van der Waals surface area contributed by atoms with E-state index in [1.807, 2.05) is 0 Å². The van der Waals surface area contributed by atoms with Gasteiger partial charge in [-0.2, -0.15) is 0 Å². The summed E-state index contributed by atoms with van der Waals surface area (Å²) in [4.78, 5) is 7.73. The Morgan fingerprint density at radius 2 is 2.15 bits per heavy atom. The summed E-state index contributed by atoms with van der Waals surface area (Å²) in [6, 6.07) is 0. The molecule has 0 spiro atoms. The molecule has 0 aromatic rings. The van der Waals surface area contributed by atoms with Gasteiger partial charge in [0.1, 0.15) is 12.4 Å². The topological polar surface area (TPSA) is 24.5 Å². The zero-order valence-corrected chi connectivity index (χ0v) is 7.58. The molecule has 3 heterocycles. The van der Waals surface area contributed by atoms with Crippen molar-refractivity contribution in [3.63, 3.8) is 0 Å². The second kappa shape index (κ2) is 4.07. The molecular weight excluding hydrogens is 171 g/mol. The maximum atomic E-state index is 11.6. The number of nitrogens with one attached hydrogen (secondary N) is 1. The van der Waals surface area contributed by atoms with Crippen LogP contribution in [0.25, 0.3) is 0 Å². The molecule has 3 saturated heterocycles. The number of fused-ring (bicyclic) bond motifs is 3. The summed E-state index contributed by atoms with van der Waals surface area (Å²) in [5, 5.41) is 0. The summed E-state index contributed by atoms with van der Waals surface area (Å²) in [7, 11) is 0. The minimum atomic E-state index is 0.235. The average molecular weight is 186 g/mol. The van der Waals surface area contributed by atoms with Crippen molar-refractivity contribution in [3.8, 4) is 0 Å². The van der Waals surface area contributed by atoms with Crippen LogP contribution in [0.1, 0.15) is 12.8 Å². The highest BCUT2D eigenvalue weighted by Crippen LogP contribution is 2.28. The zero-order valence-electron chi connectivity index (χ0n) is 7.58. The van der Waals surface area contributed by atoms with Crippen molar-refractivity contribution < 1.29 is 9.23 Å². The lowest BCUT2D eigenvalue weighted by molar-refractivity contribution is -0.0992. The average Bonchev–Trinajstić information content (AvgIpc) is 2.20.